The van der Waals surface area contributed by atoms with Crippen LogP contribution < -0.4 is 84.1 Å². The Morgan fingerprint density at radius 1 is 0.363 bits per heavy atom. The number of hydrogen-bond acceptors (Lipinski definition) is 44. The molecule has 0 bridgehead atoms. The largest absolute Gasteiger partial charge is 2.00 e. The summed E-state index contributed by atoms with van der Waals surface area (Å²) in [4.78, 5) is 11.3. The second kappa shape index (κ2) is 91.2. The van der Waals surface area contributed by atoms with Gasteiger partial charge in [-0.1, -0.05) is 36.4 Å². The number of nitrogens with zero attached hydrogens (tertiary/aromatic N) is 29. The van der Waals surface area contributed by atoms with Crippen LogP contribution >= 0.6 is 23.5 Å². The van der Waals surface area contributed by atoms with Gasteiger partial charge in [0.2, 0.25) is 10.3 Å². The minimum absolute atomic E-state index is 0. The molecular formula is C80H111Cu3N43O3S14Zn3+2. The molecule has 0 aromatic heterocycles. The van der Waals surface area contributed by atoms with E-state index in [9.17, 15) is 0 Å². The third-order valence-corrected chi connectivity index (χ3v) is 21.1. The molecule has 3 radical (unpaired) electrons. The quantitative estimate of drug-likeness (QED) is 0.00723. The van der Waals surface area contributed by atoms with Gasteiger partial charge in [-0.05, 0) is 179 Å². The number of aliphatic imine (C=N–C) groups is 2. The van der Waals surface area contributed by atoms with Crippen molar-refractivity contribution in [2.24, 2.45) is 132 Å². The molecule has 4 heterocycles. The van der Waals surface area contributed by atoms with Gasteiger partial charge in [0.1, 0.15) is 11.5 Å². The van der Waals surface area contributed by atoms with Gasteiger partial charge < -0.3 is 230 Å². The number of ether oxygens (including phenoxy) is 3. The molecule has 0 aliphatic carbocycles. The molecule has 4 aromatic rings. The summed E-state index contributed by atoms with van der Waals surface area (Å²) in [7, 11) is 11.5. The number of thioether (sulfide) groups is 2. The van der Waals surface area contributed by atoms with E-state index in [0.29, 0.717) is 53.9 Å². The van der Waals surface area contributed by atoms with Crippen LogP contribution in [0, 0.1) is 0 Å². The molecule has 66 heteroatoms. The molecule has 14 N–H and O–H groups in total. The van der Waals surface area contributed by atoms with Crippen molar-refractivity contribution >= 4 is 354 Å². The summed E-state index contributed by atoms with van der Waals surface area (Å²) in [6.07, 6.45) is 10.9. The summed E-state index contributed by atoms with van der Waals surface area (Å²) in [6, 6.07) is 33.6. The van der Waals surface area contributed by atoms with Crippen LogP contribution in [0.5, 0.6) is 11.5 Å². The molecule has 3 saturated heterocycles. The fourth-order valence-electron chi connectivity index (χ4n) is 8.76. The predicted molar refractivity (Wildman–Crippen MR) is 621 cm³/mol. The Kier molecular flexibility index (Phi) is 90.9. The number of methoxy groups -OCH3 is 2. The van der Waals surface area contributed by atoms with E-state index in [4.69, 9.17) is 166 Å². The van der Waals surface area contributed by atoms with E-state index >= 15 is 0 Å². The second-order valence-corrected chi connectivity index (χ2v) is 32.7. The zero-order valence-corrected chi connectivity index (χ0v) is 106. The Bertz CT molecular complexity index is 5090. The van der Waals surface area contributed by atoms with Crippen molar-refractivity contribution in [3.05, 3.63) is 109 Å². The first kappa shape index (κ1) is 146. The van der Waals surface area contributed by atoms with E-state index in [0.717, 1.165) is 110 Å². The first-order chi connectivity index (χ1) is 67.4. The van der Waals surface area contributed by atoms with Crippen LogP contribution in [-0.2, 0) is 266 Å². The summed E-state index contributed by atoms with van der Waals surface area (Å²) in [6.45, 7) is 27.5. The molecule has 0 amide bonds. The van der Waals surface area contributed by atoms with Crippen molar-refractivity contribution in [3.63, 3.8) is 0 Å². The monoisotopic (exact) mass is 2550 g/mol. The van der Waals surface area contributed by atoms with Gasteiger partial charge in [0.25, 0.3) is 11.4 Å². The summed E-state index contributed by atoms with van der Waals surface area (Å²) in [5.41, 5.74) is 15.0. The summed E-state index contributed by atoms with van der Waals surface area (Å²) < 4.78 is 19.5. The average Bonchev–Trinajstić information content (AvgIpc) is 1.54. The van der Waals surface area contributed by atoms with Gasteiger partial charge >= 0.3 is 114 Å². The van der Waals surface area contributed by atoms with E-state index in [1.165, 1.54) is 61.1 Å². The third-order valence-electron chi connectivity index (χ3n) is 15.7. The van der Waals surface area contributed by atoms with E-state index in [-0.39, 0.29) is 145 Å². The Balaban J connectivity index is -0.000000529. The SMILES string of the molecule is CC(=NN=C([S-])Nc1ccccc1)C(C)=NN=C([S-])Nc1ccccc1.CCN=C1N[N+]2=C(C)C(C)=[N+]3NC(=NCC)SC23S1.CCNC([S-])=NN=C(C)C(C)=NN=C([S-])NCC.CNC([S-])=NN=CC=NN=C([S-])NC.CNC([S-])=NN=CC=NN=C([S-])NCCN1CCOCC1.CNC([S-])=NN=CC=NN=C([S-])Nc1ccc(OC)cc1.CNC([S-])=NN=CC=NN=C([S-])Nc1ccc(OC)cc1.[Cu+2].[Cu+2].[Cu+2].[Zn+2].[Zn+2].[Zn+2]. The molecule has 3 fully saturated rings. The Labute approximate surface area is 997 Å². The van der Waals surface area contributed by atoms with Crippen LogP contribution in [0.1, 0.15) is 69.2 Å². The summed E-state index contributed by atoms with van der Waals surface area (Å²) in [5, 5.41) is 130. The predicted octanol–water partition coefficient (Wildman–Crippen LogP) is 5.64. The maximum absolute atomic E-state index is 5.28. The number of rotatable bonds is 31. The molecule has 1 spiro atoms. The minimum atomic E-state index is -0.254. The fourth-order valence-corrected chi connectivity index (χ4v) is 13.1. The van der Waals surface area contributed by atoms with Crippen molar-refractivity contribution in [2.45, 2.75) is 73.6 Å². The van der Waals surface area contributed by atoms with Crippen molar-refractivity contribution in [2.75, 3.05) is 136 Å². The van der Waals surface area contributed by atoms with E-state index < -0.39 is 0 Å². The molecule has 0 unspecified atom stereocenters. The zero-order chi connectivity index (χ0) is 104. The number of anilines is 4. The number of amidine groups is 14. The number of morpholine rings is 1. The smallest absolute Gasteiger partial charge is 0.741 e. The molecule has 4 aliphatic rings. The molecule has 4 aliphatic heterocycles. The number of hydrazine groups is 2. The molecular weight excluding hydrogens is 2450 g/mol. The van der Waals surface area contributed by atoms with Crippen molar-refractivity contribution in [1.82, 2.24) is 58.3 Å². The van der Waals surface area contributed by atoms with Crippen LogP contribution in [0.4, 0.5) is 22.7 Å². The van der Waals surface area contributed by atoms with E-state index in [2.05, 4.69) is 235 Å². The first-order valence-corrected chi connectivity index (χ1v) is 47.9. The normalized spacial score (nSPS) is 16.2. The van der Waals surface area contributed by atoms with E-state index in [1.807, 2.05) is 137 Å². The number of hydrazone groups is 2. The second-order valence-electron chi connectivity index (χ2n) is 25.5. The van der Waals surface area contributed by atoms with Gasteiger partial charge in [0.05, 0.1) is 124 Å². The minimum Gasteiger partial charge on any atom is -0.741 e. The van der Waals surface area contributed by atoms with Gasteiger partial charge in [0, 0.05) is 145 Å². The third kappa shape index (κ3) is 68.0. The number of hydrogen-bond donors (Lipinski definition) is 14. The number of para-hydroxylation sites is 2. The first-order valence-electron chi connectivity index (χ1n) is 41.4. The molecule has 0 saturated carbocycles. The fraction of sp³-hybridized carbons (Fsp3) is 0.350. The molecule has 146 heavy (non-hydrogen) atoms. The Morgan fingerprint density at radius 2 is 0.610 bits per heavy atom. The number of benzene rings is 4. The maximum atomic E-state index is 5.28. The summed E-state index contributed by atoms with van der Waals surface area (Å²) >= 11 is 62.3. The molecule has 785 valence electrons. The van der Waals surface area contributed by atoms with Crippen molar-refractivity contribution < 1.29 is 133 Å². The van der Waals surface area contributed by atoms with Gasteiger partial charge in [-0.25, -0.2) is 0 Å². The molecule has 8 rings (SSSR count). The van der Waals surface area contributed by atoms with Crippen LogP contribution in [0.3, 0.4) is 0 Å². The van der Waals surface area contributed by atoms with Crippen molar-refractivity contribution in [1.29, 1.82) is 0 Å². The van der Waals surface area contributed by atoms with Crippen LogP contribution in [0.2, 0.25) is 0 Å². The van der Waals surface area contributed by atoms with Crippen LogP contribution in [0.15, 0.2) is 242 Å². The maximum Gasteiger partial charge on any atom is 2.00 e. The van der Waals surface area contributed by atoms with Crippen LogP contribution in [-0.4, -0.2) is 290 Å². The standard InChI is InChI=1S/C18H20N6S2.2C12H16N6OS2.C11H21N7OS2.C11H17N6S2.C10H20N6S2.C6H12N6S2.3Cu.3Zn/c1-13(21-23-17(25)19-15-9-5-3-6-10-15)14(2)22-24-18(26)20-16-11-7-4-8-12-16;2*1-13-11(20)17-14-7-8-15-18-12(21)16-9-3-5-10(19-2)6-4-9;1-12-10(20)16-14-2-3-15-17-11(21)13-4-5-18-6-8-19-9-7-18;1-5-12-9-14-16-7(3)8(4)17-11(16,18-9)19-10(15-17)13-6-2;1-5-11-9(17)15-13-7(3)8(4)14-16-10(18)12-6-2;1-7-5(13)11-9-3-4-10-12-6(14)8-2;;;;;;/h3-12H,1-2H3,(H2,19,23,25)(H2,20,24,26);2*3-8H,1-2H3,(H2,13,17,20)(H2,16,18,21);2-3H,4-9H2,1H3,(H2,12,16,20)(H2,13,17,21);5-6H2,1-4H3,(H,12,14);5-6H2,1-4H3,(H2,11,15,17)(H2,12,16,18);3-4H,1-2H3,(H2,7,11,13)(H2,8,12,14);;;;;;/q;;;;+1;;;6*+2/p-11. The van der Waals surface area contributed by atoms with E-state index in [1.54, 1.807) is 101 Å². The van der Waals surface area contributed by atoms with Gasteiger partial charge in [-0.2, -0.15) is 122 Å². The average molecular weight is 2560 g/mol. The number of nitrogens with one attached hydrogen (secondary N) is 14. The summed E-state index contributed by atoms with van der Waals surface area (Å²) in [5.74, 6) is 1.53. The van der Waals surface area contributed by atoms with Gasteiger partial charge in [0.15, 0.2) is 0 Å². The Morgan fingerprint density at radius 3 is 0.870 bits per heavy atom. The van der Waals surface area contributed by atoms with Crippen LogP contribution in [0.25, 0.3) is 0 Å². The molecule has 46 nitrogen and oxygen atoms in total. The topological polar surface area (TPSA) is 527 Å². The van der Waals surface area contributed by atoms with Crippen molar-refractivity contribution in [3.8, 4) is 11.5 Å². The van der Waals surface area contributed by atoms with Gasteiger partial charge in [-0.3, -0.25) is 14.9 Å². The molecule has 4 aromatic carbocycles. The zero-order valence-electron chi connectivity index (χ0n) is 82.5. The Hall–Kier alpha value is -8.87. The molecule has 0 atom stereocenters. The van der Waals surface area contributed by atoms with Gasteiger partial charge in [-0.15, -0.1) is 10.9 Å².